The van der Waals surface area contributed by atoms with Crippen LogP contribution in [0.3, 0.4) is 0 Å². The van der Waals surface area contributed by atoms with E-state index < -0.39 is 0 Å². The molecule has 5 heteroatoms. The lowest BCUT2D eigenvalue weighted by atomic mass is 10.2. The summed E-state index contributed by atoms with van der Waals surface area (Å²) in [5, 5.41) is 9.37. The molecule has 1 heterocycles. The largest absolute Gasteiger partial charge is 0.475 e. The summed E-state index contributed by atoms with van der Waals surface area (Å²) in [6, 6.07) is 3.81. The Morgan fingerprint density at radius 1 is 1.60 bits per heavy atom. The summed E-state index contributed by atoms with van der Waals surface area (Å²) in [6.07, 6.45) is 1.67. The van der Waals surface area contributed by atoms with Crippen molar-refractivity contribution in [2.75, 3.05) is 5.33 Å². The molecule has 0 N–H and O–H groups in total. The molecule has 15 heavy (non-hydrogen) atoms. The Kier molecular flexibility index (Phi) is 4.50. The predicted molar refractivity (Wildman–Crippen MR) is 59.9 cm³/mol. The van der Waals surface area contributed by atoms with Crippen LogP contribution < -0.4 is 4.74 Å². The Morgan fingerprint density at radius 2 is 2.33 bits per heavy atom. The van der Waals surface area contributed by atoms with Gasteiger partial charge < -0.3 is 4.74 Å². The summed E-state index contributed by atoms with van der Waals surface area (Å²) in [5.74, 6) is 0.671. The van der Waals surface area contributed by atoms with Crippen LogP contribution in [0.15, 0.2) is 12.3 Å². The van der Waals surface area contributed by atoms with Crippen molar-refractivity contribution in [2.45, 2.75) is 25.9 Å². The third-order valence-corrected chi connectivity index (χ3v) is 2.27. The highest BCUT2D eigenvalue weighted by atomic mass is 79.9. The van der Waals surface area contributed by atoms with E-state index in [4.69, 9.17) is 10.00 Å². The fourth-order valence-electron chi connectivity index (χ4n) is 0.993. The van der Waals surface area contributed by atoms with E-state index in [1.807, 2.05) is 13.8 Å². The highest BCUT2D eigenvalue weighted by Gasteiger charge is 2.13. The SMILES string of the molecule is CC(C)Oc1ccnc(C(C#N)CBr)n1. The topological polar surface area (TPSA) is 58.8 Å². The number of hydrogen-bond donors (Lipinski definition) is 0. The molecular weight excluding hydrogens is 258 g/mol. The molecule has 0 saturated carbocycles. The van der Waals surface area contributed by atoms with E-state index >= 15 is 0 Å². The van der Waals surface area contributed by atoms with E-state index in [1.54, 1.807) is 12.3 Å². The fourth-order valence-corrected chi connectivity index (χ4v) is 1.43. The van der Waals surface area contributed by atoms with E-state index in [0.717, 1.165) is 0 Å². The first-order valence-corrected chi connectivity index (χ1v) is 5.74. The van der Waals surface area contributed by atoms with Gasteiger partial charge in [-0.2, -0.15) is 10.2 Å². The molecular formula is C10H12BrN3O. The molecule has 0 bridgehead atoms. The van der Waals surface area contributed by atoms with Crippen LogP contribution in [0.1, 0.15) is 25.6 Å². The molecule has 1 unspecified atom stereocenters. The van der Waals surface area contributed by atoms with Gasteiger partial charge in [0.1, 0.15) is 11.7 Å². The molecule has 0 saturated heterocycles. The molecule has 0 aliphatic heterocycles. The van der Waals surface area contributed by atoms with Gasteiger partial charge in [0.25, 0.3) is 0 Å². The van der Waals surface area contributed by atoms with Crippen molar-refractivity contribution in [3.63, 3.8) is 0 Å². The maximum absolute atomic E-state index is 8.85. The highest BCUT2D eigenvalue weighted by molar-refractivity contribution is 9.09. The zero-order chi connectivity index (χ0) is 11.3. The Hall–Kier alpha value is -1.15. The Morgan fingerprint density at radius 3 is 2.87 bits per heavy atom. The first-order chi connectivity index (χ1) is 7.17. The van der Waals surface area contributed by atoms with E-state index in [-0.39, 0.29) is 12.0 Å². The van der Waals surface area contributed by atoms with Crippen molar-refractivity contribution in [3.05, 3.63) is 18.1 Å². The lowest BCUT2D eigenvalue weighted by Gasteiger charge is -2.10. The number of halogens is 1. The molecule has 0 spiro atoms. The molecule has 0 aliphatic carbocycles. The number of nitrogens with zero attached hydrogens (tertiary/aromatic N) is 3. The predicted octanol–water partition coefficient (Wildman–Crippen LogP) is 2.27. The number of hydrogen-bond acceptors (Lipinski definition) is 4. The number of aromatic nitrogens is 2. The molecule has 4 nitrogen and oxygen atoms in total. The Labute approximate surface area is 97.4 Å². The van der Waals surface area contributed by atoms with Crippen molar-refractivity contribution < 1.29 is 4.74 Å². The number of ether oxygens (including phenoxy) is 1. The highest BCUT2D eigenvalue weighted by Crippen LogP contribution is 2.16. The van der Waals surface area contributed by atoms with E-state index in [9.17, 15) is 0 Å². The van der Waals surface area contributed by atoms with Crippen LogP contribution in [0, 0.1) is 11.3 Å². The lowest BCUT2D eigenvalue weighted by molar-refractivity contribution is 0.231. The molecule has 0 aliphatic rings. The van der Waals surface area contributed by atoms with Crippen LogP contribution in [-0.4, -0.2) is 21.4 Å². The van der Waals surface area contributed by atoms with Crippen LogP contribution in [0.25, 0.3) is 0 Å². The second-order valence-electron chi connectivity index (χ2n) is 3.26. The van der Waals surface area contributed by atoms with Crippen molar-refractivity contribution in [2.24, 2.45) is 0 Å². The monoisotopic (exact) mass is 269 g/mol. The van der Waals surface area contributed by atoms with Crippen molar-refractivity contribution in [1.82, 2.24) is 9.97 Å². The minimum atomic E-state index is -0.333. The van der Waals surface area contributed by atoms with Gasteiger partial charge in [-0.15, -0.1) is 0 Å². The molecule has 0 amide bonds. The molecule has 1 aromatic heterocycles. The smallest absolute Gasteiger partial charge is 0.216 e. The van der Waals surface area contributed by atoms with Gasteiger partial charge in [0.2, 0.25) is 5.88 Å². The van der Waals surface area contributed by atoms with Gasteiger partial charge in [0.05, 0.1) is 12.2 Å². The maximum Gasteiger partial charge on any atom is 0.216 e. The minimum absolute atomic E-state index is 0.0669. The van der Waals surface area contributed by atoms with Crippen molar-refractivity contribution in [1.29, 1.82) is 5.26 Å². The van der Waals surface area contributed by atoms with Gasteiger partial charge >= 0.3 is 0 Å². The molecule has 80 valence electrons. The van der Waals surface area contributed by atoms with E-state index in [2.05, 4.69) is 32.0 Å². The average molecular weight is 270 g/mol. The standard InChI is InChI=1S/C10H12BrN3O/c1-7(2)15-9-3-4-13-10(14-9)8(5-11)6-12/h3-4,7-8H,5H2,1-2H3. The van der Waals surface area contributed by atoms with Crippen LogP contribution in [0.2, 0.25) is 0 Å². The van der Waals surface area contributed by atoms with E-state index in [1.165, 1.54) is 0 Å². The quantitative estimate of drug-likeness (QED) is 0.787. The third-order valence-electron chi connectivity index (χ3n) is 1.63. The second kappa shape index (κ2) is 5.66. The first-order valence-electron chi connectivity index (χ1n) is 4.62. The van der Waals surface area contributed by atoms with Gasteiger partial charge in [0, 0.05) is 17.6 Å². The summed E-state index contributed by atoms with van der Waals surface area (Å²) in [4.78, 5) is 8.21. The molecule has 1 atom stereocenters. The Balaban J connectivity index is 2.87. The number of nitriles is 1. The lowest BCUT2D eigenvalue weighted by Crippen LogP contribution is -2.10. The van der Waals surface area contributed by atoms with Gasteiger partial charge in [0.15, 0.2) is 0 Å². The first kappa shape index (κ1) is 11.9. The number of alkyl halides is 1. The summed E-state index contributed by atoms with van der Waals surface area (Å²) >= 11 is 3.24. The zero-order valence-corrected chi connectivity index (χ0v) is 10.2. The Bertz CT molecular complexity index is 362. The van der Waals surface area contributed by atoms with E-state index in [0.29, 0.717) is 17.0 Å². The van der Waals surface area contributed by atoms with Gasteiger partial charge in [-0.1, -0.05) is 15.9 Å². The van der Waals surface area contributed by atoms with Crippen LogP contribution in [-0.2, 0) is 0 Å². The normalized spacial score (nSPS) is 12.2. The van der Waals surface area contributed by atoms with Crippen LogP contribution in [0.5, 0.6) is 5.88 Å². The van der Waals surface area contributed by atoms with Gasteiger partial charge in [-0.05, 0) is 13.8 Å². The number of rotatable bonds is 4. The van der Waals surface area contributed by atoms with Gasteiger partial charge in [-0.3, -0.25) is 0 Å². The van der Waals surface area contributed by atoms with Gasteiger partial charge in [-0.25, -0.2) is 4.98 Å². The maximum atomic E-state index is 8.85. The summed E-state index contributed by atoms with van der Waals surface area (Å²) in [6.45, 7) is 3.85. The second-order valence-corrected chi connectivity index (χ2v) is 3.90. The van der Waals surface area contributed by atoms with Crippen molar-refractivity contribution in [3.8, 4) is 11.9 Å². The summed E-state index contributed by atoms with van der Waals surface area (Å²) < 4.78 is 5.42. The summed E-state index contributed by atoms with van der Waals surface area (Å²) in [5.41, 5.74) is 0. The van der Waals surface area contributed by atoms with Crippen LogP contribution in [0.4, 0.5) is 0 Å². The average Bonchev–Trinajstić information content (AvgIpc) is 2.19. The molecule has 0 fully saturated rings. The minimum Gasteiger partial charge on any atom is -0.475 e. The molecule has 1 rings (SSSR count). The molecule has 1 aromatic rings. The third kappa shape index (κ3) is 3.48. The molecule has 0 aromatic carbocycles. The molecule has 0 radical (unpaired) electrons. The van der Waals surface area contributed by atoms with Crippen LogP contribution >= 0.6 is 15.9 Å². The summed E-state index contributed by atoms with van der Waals surface area (Å²) in [7, 11) is 0. The van der Waals surface area contributed by atoms with Crippen molar-refractivity contribution >= 4 is 15.9 Å². The zero-order valence-electron chi connectivity index (χ0n) is 8.64. The fraction of sp³-hybridized carbons (Fsp3) is 0.500.